The summed E-state index contributed by atoms with van der Waals surface area (Å²) in [6, 6.07) is 3.97. The van der Waals surface area contributed by atoms with E-state index in [1.54, 1.807) is 6.20 Å². The molecule has 2 unspecified atom stereocenters. The fourth-order valence-corrected chi connectivity index (χ4v) is 2.41. The van der Waals surface area contributed by atoms with Crippen LogP contribution in [0.3, 0.4) is 0 Å². The molecule has 0 saturated carbocycles. The van der Waals surface area contributed by atoms with E-state index in [0.29, 0.717) is 12.5 Å². The maximum absolute atomic E-state index is 11.6. The van der Waals surface area contributed by atoms with Crippen LogP contribution in [0.2, 0.25) is 0 Å². The molecular weight excluding hydrogens is 216 g/mol. The summed E-state index contributed by atoms with van der Waals surface area (Å²) in [5.74, 6) is 1.13. The molecule has 17 heavy (non-hydrogen) atoms. The van der Waals surface area contributed by atoms with Gasteiger partial charge in [-0.1, -0.05) is 13.0 Å². The number of ether oxygens (including phenoxy) is 1. The highest BCUT2D eigenvalue weighted by Gasteiger charge is 2.36. The third kappa shape index (κ3) is 2.25. The molecule has 0 N–H and O–H groups in total. The largest absolute Gasteiger partial charge is 0.469 e. The molecule has 2 rings (SSSR count). The Balaban J connectivity index is 2.17. The lowest BCUT2D eigenvalue weighted by Crippen LogP contribution is -2.25. The first-order chi connectivity index (χ1) is 8.13. The van der Waals surface area contributed by atoms with Gasteiger partial charge in [0.15, 0.2) is 0 Å². The van der Waals surface area contributed by atoms with Crippen LogP contribution in [-0.2, 0) is 9.53 Å². The molecule has 1 aromatic heterocycles. The average molecular weight is 234 g/mol. The number of methoxy groups -OCH3 is 1. The van der Waals surface area contributed by atoms with Gasteiger partial charge in [-0.2, -0.15) is 0 Å². The SMILES string of the molecule is COC(=O)C1CN(c2ncccc2C)CC1C. The minimum Gasteiger partial charge on any atom is -0.469 e. The molecular formula is C13H18N2O2. The zero-order chi connectivity index (χ0) is 12.4. The molecule has 1 fully saturated rings. The lowest BCUT2D eigenvalue weighted by molar-refractivity contribution is -0.145. The van der Waals surface area contributed by atoms with Crippen molar-refractivity contribution in [3.8, 4) is 0 Å². The summed E-state index contributed by atoms with van der Waals surface area (Å²) in [7, 11) is 1.45. The first kappa shape index (κ1) is 11.9. The number of hydrogen-bond donors (Lipinski definition) is 0. The highest BCUT2D eigenvalue weighted by Crippen LogP contribution is 2.29. The molecule has 1 aliphatic rings. The Morgan fingerprint density at radius 3 is 2.94 bits per heavy atom. The number of carbonyl (C=O) groups is 1. The fraction of sp³-hybridized carbons (Fsp3) is 0.538. The number of rotatable bonds is 2. The number of aromatic nitrogens is 1. The lowest BCUT2D eigenvalue weighted by atomic mass is 9.99. The molecule has 0 bridgehead atoms. The summed E-state index contributed by atoms with van der Waals surface area (Å²) in [6.45, 7) is 5.68. The third-order valence-electron chi connectivity index (χ3n) is 3.40. The van der Waals surface area contributed by atoms with Gasteiger partial charge < -0.3 is 9.64 Å². The second-order valence-electron chi connectivity index (χ2n) is 4.66. The number of carbonyl (C=O) groups excluding carboxylic acids is 1. The van der Waals surface area contributed by atoms with Gasteiger partial charge in [-0.15, -0.1) is 0 Å². The maximum Gasteiger partial charge on any atom is 0.310 e. The summed E-state index contributed by atoms with van der Waals surface area (Å²) in [5.41, 5.74) is 1.14. The van der Waals surface area contributed by atoms with Crippen LogP contribution < -0.4 is 4.90 Å². The molecule has 4 nitrogen and oxygen atoms in total. The van der Waals surface area contributed by atoms with E-state index >= 15 is 0 Å². The Kier molecular flexibility index (Phi) is 3.31. The highest BCUT2D eigenvalue weighted by atomic mass is 16.5. The van der Waals surface area contributed by atoms with Crippen LogP contribution in [0, 0.1) is 18.8 Å². The van der Waals surface area contributed by atoms with E-state index in [-0.39, 0.29) is 11.9 Å². The van der Waals surface area contributed by atoms with Crippen molar-refractivity contribution in [3.63, 3.8) is 0 Å². The van der Waals surface area contributed by atoms with E-state index in [2.05, 4.69) is 16.8 Å². The van der Waals surface area contributed by atoms with Crippen LogP contribution in [-0.4, -0.2) is 31.2 Å². The van der Waals surface area contributed by atoms with Crippen LogP contribution in [0.4, 0.5) is 5.82 Å². The zero-order valence-electron chi connectivity index (χ0n) is 10.5. The van der Waals surface area contributed by atoms with E-state index in [0.717, 1.165) is 17.9 Å². The van der Waals surface area contributed by atoms with Crippen molar-refractivity contribution < 1.29 is 9.53 Å². The monoisotopic (exact) mass is 234 g/mol. The molecule has 2 atom stereocenters. The van der Waals surface area contributed by atoms with Crippen LogP contribution in [0.5, 0.6) is 0 Å². The lowest BCUT2D eigenvalue weighted by Gasteiger charge is -2.18. The Morgan fingerprint density at radius 2 is 2.29 bits per heavy atom. The minimum absolute atomic E-state index is 0.0404. The number of aryl methyl sites for hydroxylation is 1. The van der Waals surface area contributed by atoms with Gasteiger partial charge in [0.05, 0.1) is 13.0 Å². The van der Waals surface area contributed by atoms with Crippen LogP contribution >= 0.6 is 0 Å². The summed E-state index contributed by atoms with van der Waals surface area (Å²) >= 11 is 0. The van der Waals surface area contributed by atoms with Gasteiger partial charge in [-0.25, -0.2) is 4.98 Å². The van der Waals surface area contributed by atoms with E-state index in [4.69, 9.17) is 4.74 Å². The van der Waals surface area contributed by atoms with Crippen LogP contribution in [0.15, 0.2) is 18.3 Å². The summed E-state index contributed by atoms with van der Waals surface area (Å²) in [5, 5.41) is 0. The molecule has 0 aliphatic carbocycles. The molecule has 1 aromatic rings. The molecule has 0 spiro atoms. The van der Waals surface area contributed by atoms with Gasteiger partial charge in [0.25, 0.3) is 0 Å². The first-order valence-corrected chi connectivity index (χ1v) is 5.88. The second kappa shape index (κ2) is 4.73. The molecule has 0 aromatic carbocycles. The van der Waals surface area contributed by atoms with Gasteiger partial charge in [-0.05, 0) is 24.5 Å². The van der Waals surface area contributed by atoms with Gasteiger partial charge in [0.2, 0.25) is 0 Å². The second-order valence-corrected chi connectivity index (χ2v) is 4.66. The smallest absolute Gasteiger partial charge is 0.310 e. The van der Waals surface area contributed by atoms with Gasteiger partial charge in [-0.3, -0.25) is 4.79 Å². The number of pyridine rings is 1. The predicted molar refractivity (Wildman–Crippen MR) is 65.9 cm³/mol. The topological polar surface area (TPSA) is 42.4 Å². The Labute approximate surface area is 102 Å². The van der Waals surface area contributed by atoms with Crippen molar-refractivity contribution in [1.29, 1.82) is 0 Å². The van der Waals surface area contributed by atoms with Crippen molar-refractivity contribution in [2.75, 3.05) is 25.1 Å². The Bertz CT molecular complexity index is 420. The zero-order valence-corrected chi connectivity index (χ0v) is 10.5. The predicted octanol–water partition coefficient (Wildman–Crippen LogP) is 1.64. The molecule has 4 heteroatoms. The standard InChI is InChI=1S/C13H18N2O2/c1-9-5-4-6-14-12(9)15-7-10(2)11(8-15)13(16)17-3/h4-6,10-11H,7-8H2,1-3H3. The quantitative estimate of drug-likeness (QED) is 0.729. The van der Waals surface area contributed by atoms with Gasteiger partial charge in [0, 0.05) is 19.3 Å². The van der Waals surface area contributed by atoms with Crippen molar-refractivity contribution >= 4 is 11.8 Å². The van der Waals surface area contributed by atoms with Crippen molar-refractivity contribution in [3.05, 3.63) is 23.9 Å². The van der Waals surface area contributed by atoms with Crippen molar-refractivity contribution in [2.45, 2.75) is 13.8 Å². The van der Waals surface area contributed by atoms with E-state index in [1.165, 1.54) is 7.11 Å². The maximum atomic E-state index is 11.6. The third-order valence-corrected chi connectivity index (χ3v) is 3.40. The van der Waals surface area contributed by atoms with Gasteiger partial charge in [0.1, 0.15) is 5.82 Å². The molecule has 92 valence electrons. The fourth-order valence-electron chi connectivity index (χ4n) is 2.41. The minimum atomic E-state index is -0.117. The number of anilines is 1. The van der Waals surface area contributed by atoms with Crippen LogP contribution in [0.1, 0.15) is 12.5 Å². The molecule has 0 amide bonds. The normalized spacial score (nSPS) is 23.8. The van der Waals surface area contributed by atoms with Crippen molar-refractivity contribution in [1.82, 2.24) is 4.98 Å². The van der Waals surface area contributed by atoms with Gasteiger partial charge >= 0.3 is 5.97 Å². The average Bonchev–Trinajstić information content (AvgIpc) is 2.71. The van der Waals surface area contributed by atoms with E-state index in [1.807, 2.05) is 19.1 Å². The summed E-state index contributed by atoms with van der Waals surface area (Å²) in [6.07, 6.45) is 1.79. The van der Waals surface area contributed by atoms with Crippen molar-refractivity contribution in [2.24, 2.45) is 11.8 Å². The first-order valence-electron chi connectivity index (χ1n) is 5.88. The molecule has 1 saturated heterocycles. The number of esters is 1. The number of hydrogen-bond acceptors (Lipinski definition) is 4. The summed E-state index contributed by atoms with van der Waals surface area (Å²) < 4.78 is 4.83. The Morgan fingerprint density at radius 1 is 1.53 bits per heavy atom. The highest BCUT2D eigenvalue weighted by molar-refractivity contribution is 5.74. The summed E-state index contributed by atoms with van der Waals surface area (Å²) in [4.78, 5) is 18.2. The van der Waals surface area contributed by atoms with E-state index < -0.39 is 0 Å². The Hall–Kier alpha value is -1.58. The molecule has 0 radical (unpaired) electrons. The number of nitrogens with zero attached hydrogens (tertiary/aromatic N) is 2. The molecule has 2 heterocycles. The van der Waals surface area contributed by atoms with E-state index in [9.17, 15) is 4.79 Å². The van der Waals surface area contributed by atoms with Crippen LogP contribution in [0.25, 0.3) is 0 Å². The molecule has 1 aliphatic heterocycles.